The number of rotatable bonds is 1. The Morgan fingerprint density at radius 2 is 2.00 bits per heavy atom. The van der Waals surface area contributed by atoms with Crippen LogP contribution in [-0.4, -0.2) is 4.98 Å². The summed E-state index contributed by atoms with van der Waals surface area (Å²) in [5.41, 5.74) is 3.43. The summed E-state index contributed by atoms with van der Waals surface area (Å²) in [6.07, 6.45) is 0. The molecule has 13 heavy (non-hydrogen) atoms. The smallest absolute Gasteiger partial charge is 0.270 e. The molecule has 0 N–H and O–H groups in total. The minimum atomic E-state index is 0.479. The molecule has 0 spiro atoms. The van der Waals surface area contributed by atoms with Crippen LogP contribution < -0.4 is 0 Å². The zero-order valence-electron chi connectivity index (χ0n) is 8.55. The lowest BCUT2D eigenvalue weighted by Crippen LogP contribution is -1.98. The van der Waals surface area contributed by atoms with Crippen molar-refractivity contribution >= 4 is 5.82 Å². The number of aryl methyl sites for hydroxylation is 2. The van der Waals surface area contributed by atoms with E-state index in [1.807, 2.05) is 19.9 Å². The molecular formula is C11H14N2. The van der Waals surface area contributed by atoms with E-state index in [4.69, 9.17) is 6.57 Å². The lowest BCUT2D eigenvalue weighted by Gasteiger charge is -2.10. The number of nitrogens with zero attached hydrogens (tertiary/aromatic N) is 2. The molecule has 0 bridgehead atoms. The number of hydrogen-bond acceptors (Lipinski definition) is 1. The zero-order valence-corrected chi connectivity index (χ0v) is 8.55. The summed E-state index contributed by atoms with van der Waals surface area (Å²) < 4.78 is 0. The van der Waals surface area contributed by atoms with Crippen LogP contribution >= 0.6 is 0 Å². The van der Waals surface area contributed by atoms with Crippen molar-refractivity contribution in [2.45, 2.75) is 33.6 Å². The highest BCUT2D eigenvalue weighted by Crippen LogP contribution is 2.24. The third kappa shape index (κ3) is 1.86. The largest absolute Gasteiger partial charge is 0.361 e. The topological polar surface area (TPSA) is 17.2 Å². The molecule has 0 fully saturated rings. The van der Waals surface area contributed by atoms with Crippen molar-refractivity contribution in [3.63, 3.8) is 0 Å². The van der Waals surface area contributed by atoms with Crippen molar-refractivity contribution in [2.24, 2.45) is 0 Å². The van der Waals surface area contributed by atoms with Gasteiger partial charge >= 0.3 is 0 Å². The van der Waals surface area contributed by atoms with Gasteiger partial charge in [-0.1, -0.05) is 26.0 Å². The second kappa shape index (κ2) is 3.57. The Labute approximate surface area is 79.4 Å². The summed E-state index contributed by atoms with van der Waals surface area (Å²) >= 11 is 0. The highest BCUT2D eigenvalue weighted by molar-refractivity contribution is 5.45. The normalized spacial score (nSPS) is 10.2. The molecule has 0 amide bonds. The average Bonchev–Trinajstić information content (AvgIpc) is 2.02. The van der Waals surface area contributed by atoms with Crippen molar-refractivity contribution in [2.75, 3.05) is 0 Å². The van der Waals surface area contributed by atoms with Gasteiger partial charge in [-0.25, -0.2) is 0 Å². The molecule has 0 aromatic carbocycles. The van der Waals surface area contributed by atoms with Gasteiger partial charge in [-0.05, 0) is 18.9 Å². The molecule has 1 aromatic rings. The highest BCUT2D eigenvalue weighted by atomic mass is 14.9. The minimum absolute atomic E-state index is 0.479. The van der Waals surface area contributed by atoms with Crippen LogP contribution in [0.15, 0.2) is 6.07 Å². The molecule has 0 saturated carbocycles. The van der Waals surface area contributed by atoms with Crippen molar-refractivity contribution in [1.82, 2.24) is 4.98 Å². The monoisotopic (exact) mass is 174 g/mol. The van der Waals surface area contributed by atoms with Gasteiger partial charge in [0.1, 0.15) is 5.69 Å². The van der Waals surface area contributed by atoms with Gasteiger partial charge in [0.05, 0.1) is 0 Å². The maximum Gasteiger partial charge on any atom is 0.270 e. The summed E-state index contributed by atoms with van der Waals surface area (Å²) in [6, 6.07) is 1.86. The van der Waals surface area contributed by atoms with E-state index >= 15 is 0 Å². The first-order valence-electron chi connectivity index (χ1n) is 4.42. The van der Waals surface area contributed by atoms with Crippen molar-refractivity contribution in [3.8, 4) is 0 Å². The molecule has 68 valence electrons. The maximum atomic E-state index is 6.88. The van der Waals surface area contributed by atoms with Gasteiger partial charge in [-0.2, -0.15) is 0 Å². The summed E-state index contributed by atoms with van der Waals surface area (Å²) in [7, 11) is 0. The Morgan fingerprint density at radius 3 is 2.38 bits per heavy atom. The molecule has 1 rings (SSSR count). The molecular weight excluding hydrogens is 160 g/mol. The van der Waals surface area contributed by atoms with Gasteiger partial charge in [0, 0.05) is 12.5 Å². The predicted molar refractivity (Wildman–Crippen MR) is 54.1 cm³/mol. The maximum absolute atomic E-state index is 6.88. The van der Waals surface area contributed by atoms with Crippen LogP contribution in [-0.2, 0) is 0 Å². The summed E-state index contributed by atoms with van der Waals surface area (Å²) in [6.45, 7) is 15.2. The van der Waals surface area contributed by atoms with Crippen LogP contribution in [0.5, 0.6) is 0 Å². The van der Waals surface area contributed by atoms with Gasteiger partial charge in [-0.3, -0.25) is 0 Å². The summed E-state index contributed by atoms with van der Waals surface area (Å²) in [5.74, 6) is 0.978. The SMILES string of the molecule is [C-]#[N+]c1cc(C)c(C(C)C)c(C)n1. The van der Waals surface area contributed by atoms with E-state index in [0.717, 1.165) is 5.69 Å². The third-order valence-corrected chi connectivity index (χ3v) is 2.13. The second-order valence-corrected chi connectivity index (χ2v) is 3.56. The fraction of sp³-hybridized carbons (Fsp3) is 0.455. The van der Waals surface area contributed by atoms with Crippen LogP contribution in [0, 0.1) is 20.4 Å². The first-order valence-corrected chi connectivity index (χ1v) is 4.42. The van der Waals surface area contributed by atoms with Gasteiger partial charge in [0.2, 0.25) is 0 Å². The number of aromatic nitrogens is 1. The van der Waals surface area contributed by atoms with E-state index in [1.165, 1.54) is 11.1 Å². The van der Waals surface area contributed by atoms with Crippen LogP contribution in [0.2, 0.25) is 0 Å². The van der Waals surface area contributed by atoms with E-state index in [9.17, 15) is 0 Å². The van der Waals surface area contributed by atoms with E-state index in [0.29, 0.717) is 11.7 Å². The Bertz CT molecular complexity index is 336. The molecule has 0 aliphatic rings. The lowest BCUT2D eigenvalue weighted by atomic mass is 9.97. The van der Waals surface area contributed by atoms with Crippen molar-refractivity contribution in [1.29, 1.82) is 0 Å². The van der Waals surface area contributed by atoms with Crippen molar-refractivity contribution < 1.29 is 0 Å². The van der Waals surface area contributed by atoms with Crippen molar-refractivity contribution in [3.05, 3.63) is 34.3 Å². The Hall–Kier alpha value is -1.36. The van der Waals surface area contributed by atoms with E-state index in [-0.39, 0.29) is 0 Å². The fourth-order valence-electron chi connectivity index (χ4n) is 1.75. The summed E-state index contributed by atoms with van der Waals surface area (Å²) in [5, 5.41) is 0. The molecule has 0 aliphatic carbocycles. The molecule has 0 saturated heterocycles. The zero-order chi connectivity index (χ0) is 10.0. The van der Waals surface area contributed by atoms with E-state index in [1.54, 1.807) is 0 Å². The van der Waals surface area contributed by atoms with Crippen LogP contribution in [0.1, 0.15) is 36.6 Å². The van der Waals surface area contributed by atoms with Crippen LogP contribution in [0.4, 0.5) is 5.82 Å². The van der Waals surface area contributed by atoms with Gasteiger partial charge in [0.25, 0.3) is 5.82 Å². The predicted octanol–water partition coefficient (Wildman–Crippen LogP) is 3.37. The van der Waals surface area contributed by atoms with Crippen LogP contribution in [0.3, 0.4) is 0 Å². The second-order valence-electron chi connectivity index (χ2n) is 3.56. The highest BCUT2D eigenvalue weighted by Gasteiger charge is 2.11. The molecule has 0 aliphatic heterocycles. The molecule has 2 nitrogen and oxygen atoms in total. The lowest BCUT2D eigenvalue weighted by molar-refractivity contribution is 0.834. The quantitative estimate of drug-likeness (QED) is 0.596. The Kier molecular flexibility index (Phi) is 2.67. The first-order chi connectivity index (χ1) is 6.06. The Morgan fingerprint density at radius 1 is 1.38 bits per heavy atom. The molecule has 1 aromatic heterocycles. The molecule has 0 unspecified atom stereocenters. The molecule has 1 heterocycles. The Balaban J connectivity index is 3.33. The third-order valence-electron chi connectivity index (χ3n) is 2.13. The number of hydrogen-bond donors (Lipinski definition) is 0. The minimum Gasteiger partial charge on any atom is -0.361 e. The van der Waals surface area contributed by atoms with Gasteiger partial charge < -0.3 is 4.85 Å². The fourth-order valence-corrected chi connectivity index (χ4v) is 1.75. The number of pyridine rings is 1. The van der Waals surface area contributed by atoms with E-state index in [2.05, 4.69) is 23.7 Å². The molecule has 0 radical (unpaired) electrons. The standard InChI is InChI=1S/C11H14N2/c1-7(2)11-8(3)6-10(12-5)13-9(11)4/h6-7H,1-4H3. The van der Waals surface area contributed by atoms with Gasteiger partial charge in [0.15, 0.2) is 0 Å². The first kappa shape index (κ1) is 9.73. The van der Waals surface area contributed by atoms with Crippen LogP contribution in [0.25, 0.3) is 4.85 Å². The van der Waals surface area contributed by atoms with Gasteiger partial charge in [-0.15, -0.1) is 4.98 Å². The average molecular weight is 174 g/mol. The molecule has 0 atom stereocenters. The summed E-state index contributed by atoms with van der Waals surface area (Å²) in [4.78, 5) is 7.55. The molecule has 2 heteroatoms. The van der Waals surface area contributed by atoms with E-state index < -0.39 is 0 Å².